The Morgan fingerprint density at radius 1 is 1.37 bits per heavy atom. The molecule has 4 heteroatoms. The molecule has 2 rings (SSSR count). The van der Waals surface area contributed by atoms with Crippen molar-refractivity contribution < 1.29 is 4.74 Å². The predicted octanol–water partition coefficient (Wildman–Crippen LogP) is 3.62. The number of rotatable bonds is 5. The van der Waals surface area contributed by atoms with Gasteiger partial charge in [-0.15, -0.1) is 11.3 Å². The van der Waals surface area contributed by atoms with Crippen molar-refractivity contribution in [2.45, 2.75) is 33.4 Å². The summed E-state index contributed by atoms with van der Waals surface area (Å²) in [4.78, 5) is 5.76. The molecule has 2 aromatic rings. The number of nitrogens with zero attached hydrogens (tertiary/aromatic N) is 1. The fourth-order valence-corrected chi connectivity index (χ4v) is 2.90. The van der Waals surface area contributed by atoms with Gasteiger partial charge in [0.1, 0.15) is 5.75 Å². The van der Waals surface area contributed by atoms with Crippen LogP contribution in [0.4, 0.5) is 0 Å². The van der Waals surface area contributed by atoms with Crippen LogP contribution in [0, 0.1) is 13.8 Å². The second-order valence-corrected chi connectivity index (χ2v) is 5.91. The molecule has 0 fully saturated rings. The van der Waals surface area contributed by atoms with Crippen LogP contribution >= 0.6 is 11.3 Å². The van der Waals surface area contributed by atoms with Crippen molar-refractivity contribution in [1.29, 1.82) is 0 Å². The summed E-state index contributed by atoms with van der Waals surface area (Å²) in [5, 5.41) is 4.66. The van der Waals surface area contributed by atoms with Gasteiger partial charge in [0.2, 0.25) is 0 Å². The van der Waals surface area contributed by atoms with Gasteiger partial charge >= 0.3 is 0 Å². The van der Waals surface area contributed by atoms with E-state index in [0.717, 1.165) is 23.0 Å². The molecule has 19 heavy (non-hydrogen) atoms. The molecule has 0 aliphatic carbocycles. The maximum Gasteiger partial charge on any atom is 0.119 e. The largest absolute Gasteiger partial charge is 0.497 e. The topological polar surface area (TPSA) is 34.1 Å². The van der Waals surface area contributed by atoms with Gasteiger partial charge in [0, 0.05) is 17.5 Å². The predicted molar refractivity (Wildman–Crippen MR) is 79.8 cm³/mol. The van der Waals surface area contributed by atoms with E-state index in [9.17, 15) is 0 Å². The first-order valence-corrected chi connectivity index (χ1v) is 7.22. The number of thiazole rings is 1. The molecule has 1 N–H and O–H groups in total. The number of ether oxygens (including phenoxy) is 1. The van der Waals surface area contributed by atoms with E-state index in [1.807, 2.05) is 19.1 Å². The molecule has 0 aliphatic rings. The van der Waals surface area contributed by atoms with E-state index in [-0.39, 0.29) is 6.04 Å². The van der Waals surface area contributed by atoms with E-state index in [0.29, 0.717) is 0 Å². The number of aryl methyl sites for hydroxylation is 2. The Kier molecular flexibility index (Phi) is 4.56. The zero-order valence-electron chi connectivity index (χ0n) is 11.9. The van der Waals surface area contributed by atoms with Gasteiger partial charge in [-0.3, -0.25) is 0 Å². The minimum Gasteiger partial charge on any atom is -0.497 e. The van der Waals surface area contributed by atoms with Crippen LogP contribution in [0.3, 0.4) is 0 Å². The van der Waals surface area contributed by atoms with Crippen LogP contribution in [0.5, 0.6) is 5.75 Å². The summed E-state index contributed by atoms with van der Waals surface area (Å²) in [7, 11) is 1.70. The second kappa shape index (κ2) is 6.17. The Morgan fingerprint density at radius 2 is 2.16 bits per heavy atom. The molecule has 0 bridgehead atoms. The molecular formula is C15H20N2OS. The van der Waals surface area contributed by atoms with Gasteiger partial charge < -0.3 is 10.1 Å². The van der Waals surface area contributed by atoms with Crippen molar-refractivity contribution >= 4 is 11.3 Å². The first-order chi connectivity index (χ1) is 9.10. The molecule has 1 aromatic heterocycles. The van der Waals surface area contributed by atoms with Gasteiger partial charge in [0.15, 0.2) is 0 Å². The molecule has 0 unspecified atom stereocenters. The number of hydrogen-bond donors (Lipinski definition) is 1. The number of nitrogens with one attached hydrogen (secondary N) is 1. The quantitative estimate of drug-likeness (QED) is 0.905. The summed E-state index contributed by atoms with van der Waals surface area (Å²) in [5.41, 5.74) is 2.37. The molecular weight excluding hydrogens is 256 g/mol. The molecule has 0 aliphatic heterocycles. The lowest BCUT2D eigenvalue weighted by molar-refractivity contribution is 0.413. The van der Waals surface area contributed by atoms with Gasteiger partial charge in [-0.25, -0.2) is 4.98 Å². The van der Waals surface area contributed by atoms with Crippen molar-refractivity contribution in [3.63, 3.8) is 0 Å². The van der Waals surface area contributed by atoms with Crippen molar-refractivity contribution in [3.8, 4) is 5.75 Å². The lowest BCUT2D eigenvalue weighted by atomic mass is 10.1. The minimum atomic E-state index is 0.289. The number of hydrogen-bond acceptors (Lipinski definition) is 4. The highest BCUT2D eigenvalue weighted by atomic mass is 32.1. The van der Waals surface area contributed by atoms with Gasteiger partial charge in [-0.1, -0.05) is 12.1 Å². The monoisotopic (exact) mass is 276 g/mol. The molecule has 0 saturated carbocycles. The van der Waals surface area contributed by atoms with Crippen LogP contribution in [0.15, 0.2) is 24.3 Å². The Labute approximate surface area is 118 Å². The number of benzene rings is 1. The van der Waals surface area contributed by atoms with Crippen molar-refractivity contribution in [3.05, 3.63) is 45.4 Å². The Balaban J connectivity index is 2.00. The van der Waals surface area contributed by atoms with E-state index in [2.05, 4.69) is 36.3 Å². The lowest BCUT2D eigenvalue weighted by Gasteiger charge is -2.14. The highest BCUT2D eigenvalue weighted by Crippen LogP contribution is 2.21. The summed E-state index contributed by atoms with van der Waals surface area (Å²) >= 11 is 1.76. The fraction of sp³-hybridized carbons (Fsp3) is 0.400. The van der Waals surface area contributed by atoms with E-state index in [4.69, 9.17) is 4.74 Å². The molecule has 1 atom stereocenters. The van der Waals surface area contributed by atoms with Gasteiger partial charge in [0.25, 0.3) is 0 Å². The van der Waals surface area contributed by atoms with E-state index in [1.54, 1.807) is 18.4 Å². The molecule has 1 heterocycles. The average molecular weight is 276 g/mol. The molecule has 0 saturated heterocycles. The lowest BCUT2D eigenvalue weighted by Crippen LogP contribution is -2.17. The van der Waals surface area contributed by atoms with Crippen LogP contribution in [-0.4, -0.2) is 12.1 Å². The SMILES string of the molecule is COc1cccc([C@@H](C)NCc2sc(C)nc2C)c1. The second-order valence-electron chi connectivity index (χ2n) is 4.62. The summed E-state index contributed by atoms with van der Waals surface area (Å²) in [6.07, 6.45) is 0. The van der Waals surface area contributed by atoms with Crippen LogP contribution < -0.4 is 10.1 Å². The maximum absolute atomic E-state index is 5.25. The zero-order chi connectivity index (χ0) is 13.8. The van der Waals surface area contributed by atoms with E-state index >= 15 is 0 Å². The summed E-state index contributed by atoms with van der Waals surface area (Å²) < 4.78 is 5.25. The summed E-state index contributed by atoms with van der Waals surface area (Å²) in [5.74, 6) is 0.899. The Hall–Kier alpha value is -1.39. The highest BCUT2D eigenvalue weighted by molar-refractivity contribution is 7.11. The van der Waals surface area contributed by atoms with Gasteiger partial charge in [-0.2, -0.15) is 0 Å². The van der Waals surface area contributed by atoms with E-state index in [1.165, 1.54) is 10.4 Å². The third-order valence-electron chi connectivity index (χ3n) is 3.16. The third kappa shape index (κ3) is 3.55. The van der Waals surface area contributed by atoms with Crippen LogP contribution in [0.25, 0.3) is 0 Å². The molecule has 102 valence electrons. The Bertz CT molecular complexity index is 551. The standard InChI is InChI=1S/C15H20N2OS/c1-10(13-6-5-7-14(8-13)18-4)16-9-15-11(2)17-12(3)19-15/h5-8,10,16H,9H2,1-4H3/t10-/m1/s1. The number of methoxy groups -OCH3 is 1. The molecule has 0 spiro atoms. The Morgan fingerprint density at radius 3 is 2.79 bits per heavy atom. The number of aromatic nitrogens is 1. The van der Waals surface area contributed by atoms with Crippen molar-refractivity contribution in [2.75, 3.05) is 7.11 Å². The van der Waals surface area contributed by atoms with Crippen LogP contribution in [0.1, 0.15) is 34.1 Å². The average Bonchev–Trinajstić information content (AvgIpc) is 2.74. The summed E-state index contributed by atoms with van der Waals surface area (Å²) in [6, 6.07) is 8.46. The van der Waals surface area contributed by atoms with Gasteiger partial charge in [-0.05, 0) is 38.5 Å². The maximum atomic E-state index is 5.25. The molecule has 3 nitrogen and oxygen atoms in total. The fourth-order valence-electron chi connectivity index (χ4n) is 2.01. The van der Waals surface area contributed by atoms with Crippen molar-refractivity contribution in [1.82, 2.24) is 10.3 Å². The molecule has 0 amide bonds. The molecule has 0 radical (unpaired) electrons. The third-order valence-corrected chi connectivity index (χ3v) is 4.24. The van der Waals surface area contributed by atoms with Crippen LogP contribution in [-0.2, 0) is 6.54 Å². The van der Waals surface area contributed by atoms with Crippen LogP contribution in [0.2, 0.25) is 0 Å². The first kappa shape index (κ1) is 14.0. The normalized spacial score (nSPS) is 12.4. The summed E-state index contributed by atoms with van der Waals surface area (Å²) in [6.45, 7) is 7.14. The van der Waals surface area contributed by atoms with Gasteiger partial charge in [0.05, 0.1) is 17.8 Å². The van der Waals surface area contributed by atoms with E-state index < -0.39 is 0 Å². The molecule has 1 aromatic carbocycles. The van der Waals surface area contributed by atoms with Crippen molar-refractivity contribution in [2.24, 2.45) is 0 Å². The minimum absolute atomic E-state index is 0.289. The highest BCUT2D eigenvalue weighted by Gasteiger charge is 2.09. The first-order valence-electron chi connectivity index (χ1n) is 6.40. The zero-order valence-corrected chi connectivity index (χ0v) is 12.7. The smallest absolute Gasteiger partial charge is 0.119 e.